The lowest BCUT2D eigenvalue weighted by Crippen LogP contribution is -2.32. The number of rotatable bonds is 5. The Morgan fingerprint density at radius 3 is 2.42 bits per heavy atom. The van der Waals surface area contributed by atoms with Gasteiger partial charge in [-0.05, 0) is 36.8 Å². The van der Waals surface area contributed by atoms with Gasteiger partial charge in [0, 0.05) is 22.2 Å². The van der Waals surface area contributed by atoms with E-state index in [2.05, 4.69) is 5.32 Å². The van der Waals surface area contributed by atoms with Crippen molar-refractivity contribution in [2.24, 2.45) is 0 Å². The number of hydrogen-bond acceptors (Lipinski definition) is 2. The number of benzene rings is 1. The van der Waals surface area contributed by atoms with Crippen LogP contribution in [-0.4, -0.2) is 23.0 Å². The van der Waals surface area contributed by atoms with Crippen molar-refractivity contribution in [3.63, 3.8) is 0 Å². The molecule has 1 aromatic rings. The number of aliphatic carboxylic acids is 1. The summed E-state index contributed by atoms with van der Waals surface area (Å²) in [4.78, 5) is 22.0. The number of carboxylic acid groups (broad SMARTS) is 1. The number of carbonyl (C=O) groups is 2. The van der Waals surface area contributed by atoms with E-state index >= 15 is 0 Å². The highest BCUT2D eigenvalue weighted by atomic mass is 35.5. The van der Waals surface area contributed by atoms with Crippen LogP contribution in [0.25, 0.3) is 6.08 Å². The Balaban J connectivity index is 2.60. The zero-order valence-electron chi connectivity index (χ0n) is 10.2. The van der Waals surface area contributed by atoms with E-state index in [1.54, 1.807) is 31.2 Å². The van der Waals surface area contributed by atoms with Gasteiger partial charge in [-0.2, -0.15) is 0 Å². The maximum Gasteiger partial charge on any atom is 0.305 e. The molecule has 1 amide bonds. The Morgan fingerprint density at radius 2 is 1.89 bits per heavy atom. The van der Waals surface area contributed by atoms with Gasteiger partial charge < -0.3 is 10.4 Å². The van der Waals surface area contributed by atoms with E-state index in [0.29, 0.717) is 15.6 Å². The molecule has 0 aromatic heterocycles. The van der Waals surface area contributed by atoms with Gasteiger partial charge in [-0.15, -0.1) is 0 Å². The lowest BCUT2D eigenvalue weighted by molar-refractivity contribution is -0.137. The summed E-state index contributed by atoms with van der Waals surface area (Å²) in [6.07, 6.45) is 2.74. The van der Waals surface area contributed by atoms with Gasteiger partial charge in [-0.1, -0.05) is 23.2 Å². The van der Waals surface area contributed by atoms with E-state index in [1.807, 2.05) is 0 Å². The molecule has 1 rings (SSSR count). The van der Waals surface area contributed by atoms with E-state index in [1.165, 1.54) is 6.08 Å². The van der Waals surface area contributed by atoms with Crippen LogP contribution in [0.2, 0.25) is 10.0 Å². The molecule has 1 atom stereocenters. The summed E-state index contributed by atoms with van der Waals surface area (Å²) in [6, 6.07) is 4.49. The van der Waals surface area contributed by atoms with Crippen molar-refractivity contribution in [1.29, 1.82) is 0 Å². The van der Waals surface area contributed by atoms with Gasteiger partial charge in [0.2, 0.25) is 5.91 Å². The lowest BCUT2D eigenvalue weighted by atomic mass is 10.2. The fourth-order valence-corrected chi connectivity index (χ4v) is 1.99. The third-order valence-corrected chi connectivity index (χ3v) is 2.62. The van der Waals surface area contributed by atoms with Gasteiger partial charge in [-0.3, -0.25) is 9.59 Å². The van der Waals surface area contributed by atoms with E-state index in [4.69, 9.17) is 28.3 Å². The van der Waals surface area contributed by atoms with Crippen molar-refractivity contribution in [3.05, 3.63) is 39.9 Å². The number of nitrogens with one attached hydrogen (secondary N) is 1. The third kappa shape index (κ3) is 6.27. The predicted molar refractivity (Wildman–Crippen MR) is 75.4 cm³/mol. The molecule has 102 valence electrons. The van der Waals surface area contributed by atoms with Gasteiger partial charge in [0.25, 0.3) is 0 Å². The Labute approximate surface area is 121 Å². The zero-order valence-corrected chi connectivity index (χ0v) is 11.7. The maximum atomic E-state index is 11.5. The first-order chi connectivity index (χ1) is 8.86. The molecule has 0 saturated heterocycles. The highest BCUT2D eigenvalue weighted by molar-refractivity contribution is 6.34. The molecule has 0 aliphatic rings. The molecule has 4 nitrogen and oxygen atoms in total. The van der Waals surface area contributed by atoms with Crippen molar-refractivity contribution in [1.82, 2.24) is 5.32 Å². The lowest BCUT2D eigenvalue weighted by Gasteiger charge is -2.08. The minimum absolute atomic E-state index is 0.122. The van der Waals surface area contributed by atoms with Gasteiger partial charge in [-0.25, -0.2) is 0 Å². The standard InChI is InChI=1S/C13H13Cl2NO3/c1-8(4-13(18)19)16-12(17)3-2-9-5-10(14)7-11(15)6-9/h2-3,5-8H,4H2,1H3,(H,16,17)(H,18,19)/b3-2+. The summed E-state index contributed by atoms with van der Waals surface area (Å²) < 4.78 is 0. The molecule has 1 unspecified atom stereocenters. The first kappa shape index (κ1) is 15.5. The van der Waals surface area contributed by atoms with Crippen molar-refractivity contribution in [2.75, 3.05) is 0 Å². The Bertz CT molecular complexity index is 494. The maximum absolute atomic E-state index is 11.5. The van der Waals surface area contributed by atoms with Gasteiger partial charge in [0.05, 0.1) is 6.42 Å². The Morgan fingerprint density at radius 1 is 1.32 bits per heavy atom. The van der Waals surface area contributed by atoms with Crippen LogP contribution in [0.4, 0.5) is 0 Å². The molecule has 1 aromatic carbocycles. The van der Waals surface area contributed by atoms with Crippen LogP contribution in [0.1, 0.15) is 18.9 Å². The molecule has 0 radical (unpaired) electrons. The average molecular weight is 302 g/mol. The number of carbonyl (C=O) groups excluding carboxylic acids is 1. The second-order valence-electron chi connectivity index (χ2n) is 4.04. The first-order valence-electron chi connectivity index (χ1n) is 5.53. The highest BCUT2D eigenvalue weighted by Crippen LogP contribution is 2.19. The molecule has 0 spiro atoms. The van der Waals surface area contributed by atoms with Gasteiger partial charge in [0.1, 0.15) is 0 Å². The van der Waals surface area contributed by atoms with Crippen LogP contribution < -0.4 is 5.32 Å². The number of amides is 1. The van der Waals surface area contributed by atoms with Crippen molar-refractivity contribution < 1.29 is 14.7 Å². The fraction of sp³-hybridized carbons (Fsp3) is 0.231. The van der Waals surface area contributed by atoms with Crippen LogP contribution in [-0.2, 0) is 9.59 Å². The minimum Gasteiger partial charge on any atom is -0.481 e. The second-order valence-corrected chi connectivity index (χ2v) is 4.92. The van der Waals surface area contributed by atoms with Crippen LogP contribution in [0.5, 0.6) is 0 Å². The fourth-order valence-electron chi connectivity index (χ4n) is 1.45. The molecular weight excluding hydrogens is 289 g/mol. The number of halogens is 2. The molecule has 2 N–H and O–H groups in total. The Kier molecular flexibility index (Phi) is 5.86. The first-order valence-corrected chi connectivity index (χ1v) is 6.29. The largest absolute Gasteiger partial charge is 0.481 e. The molecular formula is C13H13Cl2NO3. The number of hydrogen-bond donors (Lipinski definition) is 2. The smallest absolute Gasteiger partial charge is 0.305 e. The van der Waals surface area contributed by atoms with Crippen molar-refractivity contribution >= 4 is 41.2 Å². The van der Waals surface area contributed by atoms with Crippen LogP contribution in [0.15, 0.2) is 24.3 Å². The summed E-state index contributed by atoms with van der Waals surface area (Å²) in [6.45, 7) is 1.62. The molecule has 6 heteroatoms. The quantitative estimate of drug-likeness (QED) is 0.822. The van der Waals surface area contributed by atoms with Gasteiger partial charge in [0.15, 0.2) is 0 Å². The molecule has 0 fully saturated rings. The van der Waals surface area contributed by atoms with Crippen LogP contribution in [0.3, 0.4) is 0 Å². The number of carboxylic acids is 1. The molecule has 0 aliphatic heterocycles. The third-order valence-electron chi connectivity index (χ3n) is 2.18. The summed E-state index contributed by atoms with van der Waals surface area (Å²) in [5.74, 6) is -1.33. The van der Waals surface area contributed by atoms with E-state index in [-0.39, 0.29) is 12.3 Å². The van der Waals surface area contributed by atoms with Crippen LogP contribution >= 0.6 is 23.2 Å². The zero-order chi connectivity index (χ0) is 14.4. The topological polar surface area (TPSA) is 66.4 Å². The summed E-state index contributed by atoms with van der Waals surface area (Å²) in [5, 5.41) is 12.1. The molecule has 19 heavy (non-hydrogen) atoms. The average Bonchev–Trinajstić information content (AvgIpc) is 2.23. The Hall–Kier alpha value is -1.52. The minimum atomic E-state index is -0.960. The van der Waals surface area contributed by atoms with E-state index in [9.17, 15) is 9.59 Å². The molecule has 0 heterocycles. The molecule has 0 saturated carbocycles. The van der Waals surface area contributed by atoms with Crippen LogP contribution in [0, 0.1) is 0 Å². The normalized spacial score (nSPS) is 12.4. The van der Waals surface area contributed by atoms with E-state index < -0.39 is 12.0 Å². The SMILES string of the molecule is CC(CC(=O)O)NC(=O)/C=C/c1cc(Cl)cc(Cl)c1. The van der Waals surface area contributed by atoms with Gasteiger partial charge >= 0.3 is 5.97 Å². The molecule has 0 bridgehead atoms. The van der Waals surface area contributed by atoms with E-state index in [0.717, 1.165) is 0 Å². The predicted octanol–water partition coefficient (Wildman–Crippen LogP) is 2.99. The second kappa shape index (κ2) is 7.16. The molecule has 0 aliphatic carbocycles. The summed E-state index contributed by atoms with van der Waals surface area (Å²) in [5.41, 5.74) is 0.693. The summed E-state index contributed by atoms with van der Waals surface area (Å²) >= 11 is 11.6. The monoisotopic (exact) mass is 301 g/mol. The van der Waals surface area contributed by atoms with Crippen molar-refractivity contribution in [2.45, 2.75) is 19.4 Å². The summed E-state index contributed by atoms with van der Waals surface area (Å²) in [7, 11) is 0. The highest BCUT2D eigenvalue weighted by Gasteiger charge is 2.08. The van der Waals surface area contributed by atoms with Crippen molar-refractivity contribution in [3.8, 4) is 0 Å².